The first kappa shape index (κ1) is 28.6. The van der Waals surface area contributed by atoms with Gasteiger partial charge >= 0.3 is 132 Å². The van der Waals surface area contributed by atoms with Crippen LogP contribution in [0.2, 0.25) is 0 Å². The minimum Gasteiger partial charge on any atom is -0.303 e. The van der Waals surface area contributed by atoms with Crippen LogP contribution < -0.4 is 0 Å². The molecule has 0 aliphatic rings. The van der Waals surface area contributed by atoms with E-state index in [0.717, 1.165) is 12.8 Å². The van der Waals surface area contributed by atoms with Gasteiger partial charge in [-0.1, -0.05) is 39.0 Å². The van der Waals surface area contributed by atoms with Crippen molar-refractivity contribution in [1.29, 1.82) is 0 Å². The van der Waals surface area contributed by atoms with Gasteiger partial charge in [-0.25, -0.2) is 4.57 Å². The van der Waals surface area contributed by atoms with Crippen molar-refractivity contribution >= 4 is 56.7 Å². The summed E-state index contributed by atoms with van der Waals surface area (Å²) in [6, 6.07) is 0. The summed E-state index contributed by atoms with van der Waals surface area (Å²) in [6.07, 6.45) is 21.8. The van der Waals surface area contributed by atoms with Crippen LogP contribution in [-0.2, 0) is 9.36 Å². The van der Waals surface area contributed by atoms with Gasteiger partial charge < -0.3 is 14.7 Å². The molecule has 0 aromatic heterocycles. The van der Waals surface area contributed by atoms with Crippen LogP contribution >= 0.6 is 7.82 Å². The Morgan fingerprint density at radius 3 is 1.16 bits per heavy atom. The van der Waals surface area contributed by atoms with Crippen molar-refractivity contribution in [3.05, 3.63) is 0 Å². The molecule has 3 N–H and O–H groups in total. The SMILES string of the molecule is CCCCCCCCCCCCCCCCC[C](=O)[K].O=P(O)(O)O. The Morgan fingerprint density at radius 2 is 0.920 bits per heavy atom. The van der Waals surface area contributed by atoms with Gasteiger partial charge in [0.05, 0.1) is 0 Å². The van der Waals surface area contributed by atoms with E-state index in [-0.39, 0.29) is 0 Å². The average Bonchev–Trinajstić information content (AvgIpc) is 2.49. The fourth-order valence-electron chi connectivity index (χ4n) is 2.75. The van der Waals surface area contributed by atoms with Crippen LogP contribution in [0.4, 0.5) is 0 Å². The third kappa shape index (κ3) is 41.1. The number of carbonyl (C=O) groups is 1. The van der Waals surface area contributed by atoms with Crippen LogP contribution in [0.3, 0.4) is 0 Å². The maximum atomic E-state index is 10.9. The first-order valence-electron chi connectivity index (χ1n) is 10.0. The summed E-state index contributed by atoms with van der Waals surface area (Å²) in [5.74, 6) is 0. The number of phosphoric acid groups is 1. The molecule has 0 unspecified atom stereocenters. The molecule has 0 aliphatic carbocycles. The maximum Gasteiger partial charge on any atom is 0.466 e. The molecule has 0 heterocycles. The third-order valence-corrected chi connectivity index (χ3v) is 4.91. The van der Waals surface area contributed by atoms with E-state index in [2.05, 4.69) is 6.92 Å². The van der Waals surface area contributed by atoms with Gasteiger partial charge in [-0.2, -0.15) is 0 Å². The molecule has 25 heavy (non-hydrogen) atoms. The Balaban J connectivity index is 0. The van der Waals surface area contributed by atoms with Crippen molar-refractivity contribution in [1.82, 2.24) is 0 Å². The Hall–Kier alpha value is 1.42. The molecule has 0 amide bonds. The number of hydrogen-bond donors (Lipinski definition) is 3. The Kier molecular flexibility index (Phi) is 24.9. The Bertz CT molecular complexity index is 325. The van der Waals surface area contributed by atoms with Gasteiger partial charge in [0.1, 0.15) is 0 Å². The predicted molar refractivity (Wildman–Crippen MR) is 105 cm³/mol. The number of carbonyl (C=O) groups excluding carboxylic acids is 1. The van der Waals surface area contributed by atoms with Gasteiger partial charge in [-0.05, 0) is 0 Å². The molecule has 7 heteroatoms. The van der Waals surface area contributed by atoms with E-state index in [4.69, 9.17) is 19.2 Å². The van der Waals surface area contributed by atoms with Crippen LogP contribution in [0.15, 0.2) is 0 Å². The molecule has 5 nitrogen and oxygen atoms in total. The molecular weight excluding hydrogens is 366 g/mol. The maximum absolute atomic E-state index is 10.9. The fourth-order valence-corrected chi connectivity index (χ4v) is 3.30. The van der Waals surface area contributed by atoms with Gasteiger partial charge in [0, 0.05) is 0 Å². The molecule has 0 bridgehead atoms. The molecule has 0 rings (SSSR count). The standard InChI is InChI=1S/C18H35O.K.H3O4P/c1-2-3-4-5-6-7-8-9-10-11-12-13-14-15-16-17-18-19;;1-5(2,3)4/h2-17H2,1H3;;(H3,1,2,3,4). The molecule has 0 saturated heterocycles. The van der Waals surface area contributed by atoms with E-state index < -0.39 is 7.82 Å². The third-order valence-electron chi connectivity index (χ3n) is 4.13. The van der Waals surface area contributed by atoms with Gasteiger partial charge in [-0.15, -0.1) is 0 Å². The summed E-state index contributed by atoms with van der Waals surface area (Å²) in [6.45, 7) is 2.28. The quantitative estimate of drug-likeness (QED) is 0.191. The van der Waals surface area contributed by atoms with E-state index in [1.165, 1.54) is 89.9 Å². The van der Waals surface area contributed by atoms with E-state index in [1.807, 2.05) is 0 Å². The minimum atomic E-state index is -4.64. The summed E-state index contributed by atoms with van der Waals surface area (Å²) in [5.41, 5.74) is 0. The number of unbranched alkanes of at least 4 members (excludes halogenated alkanes) is 14. The largest absolute Gasteiger partial charge is 0.466 e. The molecule has 0 fully saturated rings. The summed E-state index contributed by atoms with van der Waals surface area (Å²) in [5, 5.41) is 0. The zero-order valence-electron chi connectivity index (χ0n) is 16.4. The smallest absolute Gasteiger partial charge is 0.303 e. The summed E-state index contributed by atoms with van der Waals surface area (Å²) in [4.78, 5) is 32.4. The van der Waals surface area contributed by atoms with Crippen LogP contribution in [0.5, 0.6) is 0 Å². The molecule has 0 saturated carbocycles. The number of hydrogen-bond acceptors (Lipinski definition) is 2. The normalized spacial score (nSPS) is 11.1. The molecular formula is C18H38KO5P. The van der Waals surface area contributed by atoms with Crippen molar-refractivity contribution < 1.29 is 24.0 Å². The van der Waals surface area contributed by atoms with Crippen LogP contribution in [0.25, 0.3) is 0 Å². The van der Waals surface area contributed by atoms with E-state index >= 15 is 0 Å². The van der Waals surface area contributed by atoms with Crippen molar-refractivity contribution in [2.24, 2.45) is 0 Å². The Morgan fingerprint density at radius 1 is 0.680 bits per heavy atom. The van der Waals surface area contributed by atoms with E-state index in [0.29, 0.717) is 48.8 Å². The van der Waals surface area contributed by atoms with Gasteiger partial charge in [0.25, 0.3) is 0 Å². The van der Waals surface area contributed by atoms with E-state index in [9.17, 15) is 4.79 Å². The molecule has 0 radical (unpaired) electrons. The Labute approximate surface area is 188 Å². The van der Waals surface area contributed by atoms with Crippen molar-refractivity contribution in [3.8, 4) is 0 Å². The van der Waals surface area contributed by atoms with Gasteiger partial charge in [0.2, 0.25) is 0 Å². The second-order valence-corrected chi connectivity index (χ2v) is 9.68. The zero-order valence-corrected chi connectivity index (χ0v) is 20.4. The van der Waals surface area contributed by atoms with Gasteiger partial charge in [0.15, 0.2) is 0 Å². The van der Waals surface area contributed by atoms with E-state index in [1.54, 1.807) is 0 Å². The minimum absolute atomic E-state index is 0.420. The fraction of sp³-hybridized carbons (Fsp3) is 0.944. The van der Waals surface area contributed by atoms with Crippen molar-refractivity contribution in [2.45, 2.75) is 110 Å². The van der Waals surface area contributed by atoms with Crippen LogP contribution in [0.1, 0.15) is 110 Å². The number of rotatable bonds is 16. The molecule has 0 spiro atoms. The summed E-state index contributed by atoms with van der Waals surface area (Å²) >= 11 is 0.420. The summed E-state index contributed by atoms with van der Waals surface area (Å²) in [7, 11) is -4.64. The topological polar surface area (TPSA) is 94.8 Å². The van der Waals surface area contributed by atoms with Crippen LogP contribution in [-0.4, -0.2) is 63.5 Å². The molecule has 0 atom stereocenters. The summed E-state index contributed by atoms with van der Waals surface area (Å²) < 4.78 is 9.42. The molecule has 146 valence electrons. The van der Waals surface area contributed by atoms with Gasteiger partial charge in [-0.3, -0.25) is 0 Å². The van der Waals surface area contributed by atoms with Crippen molar-refractivity contribution in [2.75, 3.05) is 0 Å². The average molecular weight is 405 g/mol. The van der Waals surface area contributed by atoms with Crippen LogP contribution in [0, 0.1) is 0 Å². The monoisotopic (exact) mass is 404 g/mol. The zero-order chi connectivity index (χ0) is 19.4. The molecule has 0 aromatic rings. The first-order valence-corrected chi connectivity index (χ1v) is 13.2. The molecule has 0 aromatic carbocycles. The molecule has 0 aliphatic heterocycles. The van der Waals surface area contributed by atoms with Crippen molar-refractivity contribution in [3.63, 3.8) is 0 Å². The first-order chi connectivity index (χ1) is 11.8. The second kappa shape index (κ2) is 21.7. The second-order valence-electron chi connectivity index (χ2n) is 6.92. The predicted octanol–water partition coefficient (Wildman–Crippen LogP) is 5.01.